The van der Waals surface area contributed by atoms with E-state index in [4.69, 9.17) is 9.47 Å². The van der Waals surface area contributed by atoms with Gasteiger partial charge in [-0.05, 0) is 42.3 Å². The summed E-state index contributed by atoms with van der Waals surface area (Å²) < 4.78 is 39.6. The molecule has 28 heavy (non-hydrogen) atoms. The second-order valence-electron chi connectivity index (χ2n) is 6.48. The number of nitrogens with one attached hydrogen (secondary N) is 2. The summed E-state index contributed by atoms with van der Waals surface area (Å²) >= 11 is 0. The number of benzene rings is 2. The van der Waals surface area contributed by atoms with E-state index < -0.39 is 17.6 Å². The molecule has 0 radical (unpaired) electrons. The Bertz CT molecular complexity index is 999. The van der Waals surface area contributed by atoms with Gasteiger partial charge in [-0.25, -0.2) is 8.78 Å². The summed E-state index contributed by atoms with van der Waals surface area (Å²) in [4.78, 5) is 12.6. The lowest BCUT2D eigenvalue weighted by atomic mass is 9.95. The van der Waals surface area contributed by atoms with Gasteiger partial charge in [0.25, 0.3) is 0 Å². The summed E-state index contributed by atoms with van der Waals surface area (Å²) in [5.41, 5.74) is 0.981. The van der Waals surface area contributed by atoms with Crippen molar-refractivity contribution in [3.8, 4) is 22.6 Å². The van der Waals surface area contributed by atoms with Crippen LogP contribution in [0.3, 0.4) is 0 Å². The van der Waals surface area contributed by atoms with Crippen molar-refractivity contribution in [2.45, 2.75) is 6.42 Å². The molecule has 0 saturated carbocycles. The van der Waals surface area contributed by atoms with Crippen LogP contribution in [0.2, 0.25) is 0 Å². The Labute approximate surface area is 159 Å². The van der Waals surface area contributed by atoms with Gasteiger partial charge in [-0.3, -0.25) is 9.89 Å². The van der Waals surface area contributed by atoms with E-state index >= 15 is 0 Å². The van der Waals surface area contributed by atoms with Crippen molar-refractivity contribution in [3.63, 3.8) is 0 Å². The van der Waals surface area contributed by atoms with Gasteiger partial charge in [0, 0.05) is 17.4 Å². The van der Waals surface area contributed by atoms with E-state index in [-0.39, 0.29) is 23.8 Å². The lowest BCUT2D eigenvalue weighted by Crippen LogP contribution is -2.32. The SMILES string of the molecule is COc1ccc2c(c1)CC(C(=O)Nc1cc(F)c(-c3cn[nH]c3)c(F)c1)CO2. The number of ether oxygens (including phenoxy) is 2. The van der Waals surface area contributed by atoms with E-state index in [9.17, 15) is 13.6 Å². The molecular formula is C20H17F2N3O3. The molecule has 3 aromatic rings. The van der Waals surface area contributed by atoms with Crippen LogP contribution >= 0.6 is 0 Å². The molecule has 2 N–H and O–H groups in total. The number of amides is 1. The van der Waals surface area contributed by atoms with Gasteiger partial charge in [0.05, 0.1) is 24.8 Å². The van der Waals surface area contributed by atoms with Crippen LogP contribution in [0.4, 0.5) is 14.5 Å². The summed E-state index contributed by atoms with van der Waals surface area (Å²) in [6, 6.07) is 7.57. The minimum absolute atomic E-state index is 0.0451. The topological polar surface area (TPSA) is 76.2 Å². The molecular weight excluding hydrogens is 368 g/mol. The van der Waals surface area contributed by atoms with Crippen LogP contribution in [-0.4, -0.2) is 29.8 Å². The summed E-state index contributed by atoms with van der Waals surface area (Å²) in [6.07, 6.45) is 3.16. The fourth-order valence-electron chi connectivity index (χ4n) is 3.22. The van der Waals surface area contributed by atoms with E-state index in [1.807, 2.05) is 6.07 Å². The lowest BCUT2D eigenvalue weighted by Gasteiger charge is -2.25. The van der Waals surface area contributed by atoms with Crippen molar-refractivity contribution in [2.24, 2.45) is 5.92 Å². The minimum Gasteiger partial charge on any atom is -0.497 e. The first-order chi connectivity index (χ1) is 13.5. The maximum atomic E-state index is 14.4. The van der Waals surface area contributed by atoms with Gasteiger partial charge in [-0.15, -0.1) is 0 Å². The Balaban J connectivity index is 1.51. The monoisotopic (exact) mass is 385 g/mol. The quantitative estimate of drug-likeness (QED) is 0.720. The van der Waals surface area contributed by atoms with Crippen LogP contribution in [0.5, 0.6) is 11.5 Å². The van der Waals surface area contributed by atoms with Crippen LogP contribution in [0, 0.1) is 17.6 Å². The van der Waals surface area contributed by atoms with E-state index in [1.54, 1.807) is 19.2 Å². The number of carbonyl (C=O) groups is 1. The van der Waals surface area contributed by atoms with Crippen molar-refractivity contribution in [3.05, 3.63) is 59.9 Å². The number of anilines is 1. The number of aromatic amines is 1. The molecule has 1 amide bonds. The number of H-pyrrole nitrogens is 1. The number of hydrogen-bond acceptors (Lipinski definition) is 4. The molecule has 8 heteroatoms. The lowest BCUT2D eigenvalue weighted by molar-refractivity contribution is -0.121. The maximum Gasteiger partial charge on any atom is 0.231 e. The zero-order chi connectivity index (χ0) is 19.7. The van der Waals surface area contributed by atoms with Gasteiger partial charge in [-0.1, -0.05) is 0 Å². The predicted molar refractivity (Wildman–Crippen MR) is 98.3 cm³/mol. The molecule has 1 unspecified atom stereocenters. The highest BCUT2D eigenvalue weighted by atomic mass is 19.1. The molecule has 0 fully saturated rings. The molecule has 1 atom stereocenters. The van der Waals surface area contributed by atoms with E-state index in [1.165, 1.54) is 12.4 Å². The number of carbonyl (C=O) groups excluding carboxylic acids is 1. The first-order valence-corrected chi connectivity index (χ1v) is 8.64. The standard InChI is InChI=1S/C20H17F2N3O3/c1-27-15-2-3-18-11(5-15)4-12(10-28-18)20(26)25-14-6-16(21)19(17(22)7-14)13-8-23-24-9-13/h2-3,5-9,12H,4,10H2,1H3,(H,23,24)(H,25,26). The average molecular weight is 385 g/mol. The molecule has 1 aromatic heterocycles. The predicted octanol–water partition coefficient (Wildman–Crippen LogP) is 3.55. The molecule has 1 aliphatic heterocycles. The number of fused-ring (bicyclic) bond motifs is 1. The zero-order valence-electron chi connectivity index (χ0n) is 15.0. The minimum atomic E-state index is -0.785. The van der Waals surface area contributed by atoms with Crippen molar-refractivity contribution in [1.29, 1.82) is 0 Å². The zero-order valence-corrected chi connectivity index (χ0v) is 15.0. The second-order valence-corrected chi connectivity index (χ2v) is 6.48. The highest BCUT2D eigenvalue weighted by Gasteiger charge is 2.27. The Morgan fingerprint density at radius 1 is 1.29 bits per heavy atom. The third kappa shape index (κ3) is 3.40. The number of hydrogen-bond donors (Lipinski definition) is 2. The molecule has 144 valence electrons. The molecule has 1 aliphatic rings. The van der Waals surface area contributed by atoms with Crippen molar-refractivity contribution in [2.75, 3.05) is 19.0 Å². The summed E-state index contributed by atoms with van der Waals surface area (Å²) in [5, 5.41) is 8.78. The Hall–Kier alpha value is -3.42. The highest BCUT2D eigenvalue weighted by Crippen LogP contribution is 2.32. The van der Waals surface area contributed by atoms with Crippen LogP contribution in [0.15, 0.2) is 42.7 Å². The van der Waals surface area contributed by atoms with Crippen LogP contribution < -0.4 is 14.8 Å². The molecule has 4 rings (SSSR count). The Kier molecular flexibility index (Phi) is 4.68. The molecule has 0 aliphatic carbocycles. The molecule has 0 bridgehead atoms. The van der Waals surface area contributed by atoms with Gasteiger partial charge in [0.15, 0.2) is 0 Å². The van der Waals surface area contributed by atoms with E-state index in [0.29, 0.717) is 23.5 Å². The molecule has 2 aromatic carbocycles. The fraction of sp³-hybridized carbons (Fsp3) is 0.200. The molecule has 0 saturated heterocycles. The Morgan fingerprint density at radius 2 is 2.07 bits per heavy atom. The van der Waals surface area contributed by atoms with Gasteiger partial charge < -0.3 is 14.8 Å². The first-order valence-electron chi connectivity index (χ1n) is 8.64. The van der Waals surface area contributed by atoms with E-state index in [2.05, 4.69) is 15.5 Å². The fourth-order valence-corrected chi connectivity index (χ4v) is 3.22. The smallest absolute Gasteiger partial charge is 0.231 e. The maximum absolute atomic E-state index is 14.4. The van der Waals surface area contributed by atoms with Crippen molar-refractivity contribution in [1.82, 2.24) is 10.2 Å². The normalized spacial score (nSPS) is 15.5. The average Bonchev–Trinajstić information content (AvgIpc) is 3.20. The Morgan fingerprint density at radius 3 is 2.75 bits per heavy atom. The number of methoxy groups -OCH3 is 1. The van der Waals surface area contributed by atoms with Crippen molar-refractivity contribution >= 4 is 11.6 Å². The second kappa shape index (κ2) is 7.30. The van der Waals surface area contributed by atoms with Gasteiger partial charge in [0.2, 0.25) is 5.91 Å². The van der Waals surface area contributed by atoms with E-state index in [0.717, 1.165) is 17.7 Å². The third-order valence-corrected chi connectivity index (χ3v) is 4.64. The third-order valence-electron chi connectivity index (χ3n) is 4.64. The van der Waals surface area contributed by atoms with Crippen LogP contribution in [0.25, 0.3) is 11.1 Å². The van der Waals surface area contributed by atoms with Gasteiger partial charge in [0.1, 0.15) is 29.7 Å². The molecule has 6 nitrogen and oxygen atoms in total. The highest BCUT2D eigenvalue weighted by molar-refractivity contribution is 5.93. The number of aromatic nitrogens is 2. The van der Waals surface area contributed by atoms with Gasteiger partial charge >= 0.3 is 0 Å². The number of halogens is 2. The van der Waals surface area contributed by atoms with Gasteiger partial charge in [-0.2, -0.15) is 5.10 Å². The first kappa shape index (κ1) is 18.0. The number of nitrogens with zero attached hydrogens (tertiary/aromatic N) is 1. The van der Waals surface area contributed by atoms with Crippen LogP contribution in [-0.2, 0) is 11.2 Å². The summed E-state index contributed by atoms with van der Waals surface area (Å²) in [7, 11) is 1.56. The summed E-state index contributed by atoms with van der Waals surface area (Å²) in [6.45, 7) is 0.184. The van der Waals surface area contributed by atoms with Crippen molar-refractivity contribution < 1.29 is 23.0 Å². The molecule has 2 heterocycles. The van der Waals surface area contributed by atoms with Crippen LogP contribution in [0.1, 0.15) is 5.56 Å². The largest absolute Gasteiger partial charge is 0.497 e. The number of rotatable bonds is 4. The molecule has 0 spiro atoms. The summed E-state index contributed by atoms with van der Waals surface area (Å²) in [5.74, 6) is -1.06.